The molecular formula is C19H22F3N3O2. The van der Waals surface area contributed by atoms with Crippen LogP contribution in [0.25, 0.3) is 11.3 Å². The molecular weight excluding hydrogens is 359 g/mol. The number of carbonyl (C=O) groups excluding carboxylic acids is 1. The fraction of sp³-hybridized carbons (Fsp3) is 0.474. The molecule has 8 heteroatoms. The second-order valence-electron chi connectivity index (χ2n) is 7.86. The van der Waals surface area contributed by atoms with Crippen LogP contribution in [0.1, 0.15) is 37.7 Å². The molecule has 2 heterocycles. The number of nitrogens with zero attached hydrogens (tertiary/aromatic N) is 2. The first kappa shape index (κ1) is 19.4. The topological polar surface area (TPSA) is 72.4 Å². The summed E-state index contributed by atoms with van der Waals surface area (Å²) in [5.41, 5.74) is 6.68. The van der Waals surface area contributed by atoms with E-state index < -0.39 is 17.8 Å². The first-order valence-corrected chi connectivity index (χ1v) is 8.68. The third kappa shape index (κ3) is 3.85. The molecule has 1 amide bonds. The summed E-state index contributed by atoms with van der Waals surface area (Å²) < 4.78 is 43.6. The van der Waals surface area contributed by atoms with Crippen molar-refractivity contribution in [2.24, 2.45) is 11.1 Å². The van der Waals surface area contributed by atoms with Crippen molar-refractivity contribution in [3.05, 3.63) is 41.2 Å². The number of aromatic nitrogens is 1. The highest BCUT2D eigenvalue weighted by Crippen LogP contribution is 2.34. The number of amides is 1. The van der Waals surface area contributed by atoms with Gasteiger partial charge in [0, 0.05) is 24.1 Å². The van der Waals surface area contributed by atoms with Gasteiger partial charge in [0.25, 0.3) is 0 Å². The predicted molar refractivity (Wildman–Crippen MR) is 93.5 cm³/mol. The molecule has 2 N–H and O–H groups in total. The molecule has 1 aliphatic rings. The summed E-state index contributed by atoms with van der Waals surface area (Å²) in [6.45, 7) is 6.45. The number of rotatable bonds is 2. The van der Waals surface area contributed by atoms with Gasteiger partial charge in [0.1, 0.15) is 11.5 Å². The number of benzene rings is 1. The smallest absolute Gasteiger partial charge is 0.360 e. The second kappa shape index (κ2) is 6.67. The Morgan fingerprint density at radius 1 is 1.22 bits per heavy atom. The molecule has 0 aliphatic carbocycles. The lowest BCUT2D eigenvalue weighted by Gasteiger charge is -2.33. The monoisotopic (exact) mass is 381 g/mol. The molecule has 0 saturated heterocycles. The minimum absolute atomic E-state index is 0.160. The number of hydrogen-bond acceptors (Lipinski definition) is 4. The van der Waals surface area contributed by atoms with Crippen LogP contribution in [0.3, 0.4) is 0 Å². The van der Waals surface area contributed by atoms with Crippen LogP contribution in [-0.2, 0) is 23.9 Å². The van der Waals surface area contributed by atoms with E-state index in [0.29, 0.717) is 30.0 Å². The van der Waals surface area contributed by atoms with E-state index in [2.05, 4.69) is 5.16 Å². The normalized spacial score (nSPS) is 16.2. The number of fused-ring (bicyclic) bond motifs is 1. The molecule has 1 aromatic carbocycles. The standard InChI is InChI=1S/C19H22F3N3O2/c1-18(2,3)16(23)17(26)25-9-8-14-13(10-25)15(24-27-14)11-4-6-12(7-5-11)19(20,21)22/h4-7,16H,8-10,23H2,1-3H3/t16-/m1/s1. The highest BCUT2D eigenvalue weighted by atomic mass is 19.4. The van der Waals surface area contributed by atoms with Crippen molar-refractivity contribution in [3.8, 4) is 11.3 Å². The molecule has 27 heavy (non-hydrogen) atoms. The highest BCUT2D eigenvalue weighted by molar-refractivity contribution is 5.83. The number of halogens is 3. The van der Waals surface area contributed by atoms with Gasteiger partial charge >= 0.3 is 6.18 Å². The minimum atomic E-state index is -4.39. The van der Waals surface area contributed by atoms with Crippen LogP contribution in [0.15, 0.2) is 28.8 Å². The Hall–Kier alpha value is -2.35. The number of alkyl halides is 3. The molecule has 2 aromatic rings. The maximum Gasteiger partial charge on any atom is 0.416 e. The van der Waals surface area contributed by atoms with Gasteiger partial charge in [-0.15, -0.1) is 0 Å². The first-order chi connectivity index (χ1) is 12.5. The molecule has 0 spiro atoms. The lowest BCUT2D eigenvalue weighted by atomic mass is 9.86. The van der Waals surface area contributed by atoms with Gasteiger partial charge in [-0.1, -0.05) is 38.1 Å². The van der Waals surface area contributed by atoms with Gasteiger partial charge in [-0.3, -0.25) is 4.79 Å². The molecule has 0 unspecified atom stereocenters. The summed E-state index contributed by atoms with van der Waals surface area (Å²) in [7, 11) is 0. The predicted octanol–water partition coefficient (Wildman–Crippen LogP) is 3.62. The van der Waals surface area contributed by atoms with Crippen molar-refractivity contribution in [1.29, 1.82) is 0 Å². The van der Waals surface area contributed by atoms with Gasteiger partial charge in [0.05, 0.1) is 18.2 Å². The van der Waals surface area contributed by atoms with E-state index in [1.165, 1.54) is 12.1 Å². The Morgan fingerprint density at radius 3 is 2.41 bits per heavy atom. The molecule has 0 fully saturated rings. The zero-order valence-corrected chi connectivity index (χ0v) is 15.4. The van der Waals surface area contributed by atoms with Crippen LogP contribution in [0.4, 0.5) is 13.2 Å². The van der Waals surface area contributed by atoms with Gasteiger partial charge in [-0.2, -0.15) is 13.2 Å². The van der Waals surface area contributed by atoms with Crippen molar-refractivity contribution in [2.45, 2.75) is 46.0 Å². The van der Waals surface area contributed by atoms with Gasteiger partial charge in [0.2, 0.25) is 5.91 Å². The largest absolute Gasteiger partial charge is 0.416 e. The fourth-order valence-corrected chi connectivity index (χ4v) is 3.01. The molecule has 1 atom stereocenters. The molecule has 5 nitrogen and oxygen atoms in total. The van der Waals surface area contributed by atoms with E-state index in [4.69, 9.17) is 10.3 Å². The molecule has 0 radical (unpaired) electrons. The zero-order valence-electron chi connectivity index (χ0n) is 15.4. The summed E-state index contributed by atoms with van der Waals surface area (Å²) in [5.74, 6) is 0.492. The zero-order chi connectivity index (χ0) is 20.0. The Kier molecular flexibility index (Phi) is 4.80. The summed E-state index contributed by atoms with van der Waals surface area (Å²) >= 11 is 0. The summed E-state index contributed by atoms with van der Waals surface area (Å²) in [6, 6.07) is 4.11. The van der Waals surface area contributed by atoms with Crippen molar-refractivity contribution < 1.29 is 22.5 Å². The van der Waals surface area contributed by atoms with Crippen molar-refractivity contribution >= 4 is 5.91 Å². The lowest BCUT2D eigenvalue weighted by molar-refractivity contribution is -0.137. The van der Waals surface area contributed by atoms with Crippen LogP contribution >= 0.6 is 0 Å². The number of nitrogens with two attached hydrogens (primary N) is 1. The van der Waals surface area contributed by atoms with Gasteiger partial charge < -0.3 is 15.2 Å². The third-order valence-corrected chi connectivity index (χ3v) is 4.82. The van der Waals surface area contributed by atoms with Crippen LogP contribution < -0.4 is 5.73 Å². The van der Waals surface area contributed by atoms with E-state index >= 15 is 0 Å². The van der Waals surface area contributed by atoms with Crippen LogP contribution in [0.5, 0.6) is 0 Å². The fourth-order valence-electron chi connectivity index (χ4n) is 3.01. The van der Waals surface area contributed by atoms with Crippen LogP contribution in [0, 0.1) is 5.41 Å². The molecule has 146 valence electrons. The summed E-state index contributed by atoms with van der Waals surface area (Å²) in [4.78, 5) is 14.4. The maximum atomic E-state index is 12.8. The minimum Gasteiger partial charge on any atom is -0.360 e. The van der Waals surface area contributed by atoms with E-state index in [1.807, 2.05) is 20.8 Å². The average Bonchev–Trinajstić information content (AvgIpc) is 3.02. The Bertz CT molecular complexity index is 835. The molecule has 1 aliphatic heterocycles. The summed E-state index contributed by atoms with van der Waals surface area (Å²) in [5, 5.41) is 4.02. The van der Waals surface area contributed by atoms with Crippen molar-refractivity contribution in [3.63, 3.8) is 0 Å². The SMILES string of the molecule is CC(C)(C)[C@H](N)C(=O)N1CCc2onc(-c3ccc(C(F)(F)F)cc3)c2C1. The Balaban J connectivity index is 1.86. The van der Waals surface area contributed by atoms with Gasteiger partial charge in [-0.25, -0.2) is 0 Å². The molecule has 3 rings (SSSR count). The van der Waals surface area contributed by atoms with Crippen LogP contribution in [0.2, 0.25) is 0 Å². The Morgan fingerprint density at radius 2 is 1.85 bits per heavy atom. The van der Waals surface area contributed by atoms with Crippen molar-refractivity contribution in [2.75, 3.05) is 6.54 Å². The van der Waals surface area contributed by atoms with Crippen molar-refractivity contribution in [1.82, 2.24) is 10.1 Å². The van der Waals surface area contributed by atoms with E-state index in [9.17, 15) is 18.0 Å². The second-order valence-corrected chi connectivity index (χ2v) is 7.86. The highest BCUT2D eigenvalue weighted by Gasteiger charge is 2.35. The molecule has 0 saturated carbocycles. The van der Waals surface area contributed by atoms with Gasteiger partial charge in [-0.05, 0) is 17.5 Å². The first-order valence-electron chi connectivity index (χ1n) is 8.68. The molecule has 1 aromatic heterocycles. The Labute approximate surface area is 155 Å². The van der Waals surface area contributed by atoms with E-state index in [1.54, 1.807) is 4.90 Å². The summed E-state index contributed by atoms with van der Waals surface area (Å²) in [6.07, 6.45) is -3.90. The lowest BCUT2D eigenvalue weighted by Crippen LogP contribution is -2.51. The molecule has 0 bridgehead atoms. The number of carbonyl (C=O) groups is 1. The average molecular weight is 381 g/mol. The van der Waals surface area contributed by atoms with E-state index in [-0.39, 0.29) is 17.9 Å². The third-order valence-electron chi connectivity index (χ3n) is 4.82. The quantitative estimate of drug-likeness (QED) is 0.862. The number of hydrogen-bond donors (Lipinski definition) is 1. The van der Waals surface area contributed by atoms with Crippen LogP contribution in [-0.4, -0.2) is 28.6 Å². The maximum absolute atomic E-state index is 12.8. The van der Waals surface area contributed by atoms with E-state index in [0.717, 1.165) is 17.7 Å². The van der Waals surface area contributed by atoms with Gasteiger partial charge in [0.15, 0.2) is 0 Å².